The molecule has 1 amide bonds. The molecule has 12 heteroatoms. The van der Waals surface area contributed by atoms with Gasteiger partial charge < -0.3 is 15.0 Å². The molecule has 0 fully saturated rings. The van der Waals surface area contributed by atoms with Gasteiger partial charge in [-0.05, 0) is 55.3 Å². The molecule has 0 saturated carbocycles. The van der Waals surface area contributed by atoms with Crippen LogP contribution in [0.2, 0.25) is 0 Å². The van der Waals surface area contributed by atoms with Crippen LogP contribution in [0.25, 0.3) is 16.8 Å². The van der Waals surface area contributed by atoms with Gasteiger partial charge in [0.2, 0.25) is 0 Å². The Morgan fingerprint density at radius 2 is 2.09 bits per heavy atom. The number of tetrazole rings is 1. The minimum atomic E-state index is -0.538. The largest absolute Gasteiger partial charge is 0.444 e. The zero-order valence-corrected chi connectivity index (χ0v) is 19.5. The molecule has 4 heterocycles. The van der Waals surface area contributed by atoms with E-state index >= 15 is 0 Å². The van der Waals surface area contributed by atoms with Crippen molar-refractivity contribution < 1.29 is 13.9 Å². The summed E-state index contributed by atoms with van der Waals surface area (Å²) in [5, 5.41) is 13.9. The van der Waals surface area contributed by atoms with Gasteiger partial charge in [0.25, 0.3) is 0 Å². The van der Waals surface area contributed by atoms with E-state index in [-0.39, 0.29) is 11.8 Å². The van der Waals surface area contributed by atoms with Gasteiger partial charge >= 0.3 is 6.09 Å². The molecule has 3 aromatic heterocycles. The van der Waals surface area contributed by atoms with Gasteiger partial charge in [0, 0.05) is 31.5 Å². The van der Waals surface area contributed by atoms with E-state index in [0.29, 0.717) is 36.5 Å². The molecule has 0 spiro atoms. The lowest BCUT2D eigenvalue weighted by Crippen LogP contribution is -2.39. The van der Waals surface area contributed by atoms with E-state index in [1.807, 2.05) is 31.2 Å². The van der Waals surface area contributed by atoms with E-state index in [2.05, 4.69) is 30.8 Å². The van der Waals surface area contributed by atoms with Crippen LogP contribution >= 0.6 is 0 Å². The first-order valence-corrected chi connectivity index (χ1v) is 11.1. The third-order valence-electron chi connectivity index (χ3n) is 5.43. The van der Waals surface area contributed by atoms with Crippen molar-refractivity contribution in [2.24, 2.45) is 0 Å². The SMILES string of the molecule is CC(C)(C)OC(=O)N1CC=C(c2ncc3c(Nc4ccc(-n5cnnn5)cc4F)nccn23)CC1. The number of nitrogens with zero attached hydrogens (tertiary/aromatic N) is 8. The molecule has 4 aromatic rings. The molecular formula is C23H24FN9O2. The summed E-state index contributed by atoms with van der Waals surface area (Å²) in [5.41, 5.74) is 1.93. The first-order valence-electron chi connectivity index (χ1n) is 11.1. The number of benzene rings is 1. The quantitative estimate of drug-likeness (QED) is 0.474. The Bertz CT molecular complexity index is 1410. The van der Waals surface area contributed by atoms with Crippen LogP contribution in [0.5, 0.6) is 0 Å². The van der Waals surface area contributed by atoms with Crippen LogP contribution in [0.3, 0.4) is 0 Å². The Balaban J connectivity index is 1.36. The van der Waals surface area contributed by atoms with Crippen molar-refractivity contribution in [2.75, 3.05) is 18.4 Å². The summed E-state index contributed by atoms with van der Waals surface area (Å²) < 4.78 is 23.5. The number of hydrogen-bond acceptors (Lipinski definition) is 8. The molecule has 11 nitrogen and oxygen atoms in total. The molecule has 0 bridgehead atoms. The summed E-state index contributed by atoms with van der Waals surface area (Å²) in [5.74, 6) is 0.745. The van der Waals surface area contributed by atoms with E-state index in [1.54, 1.807) is 35.6 Å². The number of fused-ring (bicyclic) bond motifs is 1. The summed E-state index contributed by atoms with van der Waals surface area (Å²) in [7, 11) is 0. The zero-order chi connectivity index (χ0) is 24.6. The third kappa shape index (κ3) is 4.67. The van der Waals surface area contributed by atoms with Crippen molar-refractivity contribution in [2.45, 2.75) is 32.8 Å². The molecule has 0 unspecified atom stereocenters. The number of nitrogens with one attached hydrogen (secondary N) is 1. The second kappa shape index (κ2) is 8.78. The van der Waals surface area contributed by atoms with Gasteiger partial charge in [-0.1, -0.05) is 6.08 Å². The number of anilines is 2. The second-order valence-electron chi connectivity index (χ2n) is 9.06. The second-order valence-corrected chi connectivity index (χ2v) is 9.06. The van der Waals surface area contributed by atoms with E-state index in [0.717, 1.165) is 11.4 Å². The number of hydrogen-bond donors (Lipinski definition) is 1. The fourth-order valence-corrected chi connectivity index (χ4v) is 3.78. The molecule has 180 valence electrons. The Morgan fingerprint density at radius 1 is 1.23 bits per heavy atom. The predicted octanol–water partition coefficient (Wildman–Crippen LogP) is 3.61. The average Bonchev–Trinajstić information content (AvgIpc) is 3.50. The minimum Gasteiger partial charge on any atom is -0.444 e. The monoisotopic (exact) mass is 477 g/mol. The highest BCUT2D eigenvalue weighted by Crippen LogP contribution is 2.28. The van der Waals surface area contributed by atoms with Crippen LogP contribution in [0.1, 0.15) is 33.0 Å². The number of carbonyl (C=O) groups excluding carboxylic acids is 1. The molecule has 5 rings (SSSR count). The lowest BCUT2D eigenvalue weighted by molar-refractivity contribution is 0.0270. The Kier molecular flexibility index (Phi) is 5.63. The maximum Gasteiger partial charge on any atom is 0.410 e. The molecule has 0 aliphatic carbocycles. The molecule has 1 N–H and O–H groups in total. The molecule has 0 radical (unpaired) electrons. The summed E-state index contributed by atoms with van der Waals surface area (Å²) in [6, 6.07) is 4.64. The summed E-state index contributed by atoms with van der Waals surface area (Å²) >= 11 is 0. The number of rotatable bonds is 4. The summed E-state index contributed by atoms with van der Waals surface area (Å²) in [6.45, 7) is 6.52. The van der Waals surface area contributed by atoms with Crippen LogP contribution in [0.15, 0.2) is 49.2 Å². The van der Waals surface area contributed by atoms with Crippen LogP contribution < -0.4 is 5.32 Å². The summed E-state index contributed by atoms with van der Waals surface area (Å²) in [6.07, 6.45) is 8.81. The van der Waals surface area contributed by atoms with Crippen molar-refractivity contribution in [1.82, 2.24) is 39.5 Å². The van der Waals surface area contributed by atoms with Gasteiger partial charge in [0.15, 0.2) is 5.82 Å². The molecule has 0 atom stereocenters. The molecule has 1 aromatic carbocycles. The predicted molar refractivity (Wildman–Crippen MR) is 126 cm³/mol. The van der Waals surface area contributed by atoms with Gasteiger partial charge in [-0.25, -0.2) is 23.8 Å². The molecule has 35 heavy (non-hydrogen) atoms. The first-order chi connectivity index (χ1) is 16.8. The number of halogens is 1. The Labute approximate surface area is 200 Å². The van der Waals surface area contributed by atoms with E-state index < -0.39 is 11.4 Å². The average molecular weight is 478 g/mol. The molecule has 0 saturated heterocycles. The van der Waals surface area contributed by atoms with Crippen LogP contribution in [0, 0.1) is 5.82 Å². The van der Waals surface area contributed by atoms with Crippen molar-refractivity contribution in [3.8, 4) is 5.69 Å². The lowest BCUT2D eigenvalue weighted by Gasteiger charge is -2.29. The van der Waals surface area contributed by atoms with Crippen LogP contribution in [0.4, 0.5) is 20.7 Å². The number of aromatic nitrogens is 7. The number of ether oxygens (including phenoxy) is 1. The highest BCUT2D eigenvalue weighted by Gasteiger charge is 2.25. The minimum absolute atomic E-state index is 0.259. The third-order valence-corrected chi connectivity index (χ3v) is 5.43. The van der Waals surface area contributed by atoms with Crippen LogP contribution in [-0.4, -0.2) is 64.3 Å². The molecule has 1 aliphatic rings. The number of carbonyl (C=O) groups is 1. The van der Waals surface area contributed by atoms with Gasteiger partial charge in [-0.3, -0.25) is 4.40 Å². The van der Waals surface area contributed by atoms with E-state index in [1.165, 1.54) is 17.1 Å². The van der Waals surface area contributed by atoms with E-state index in [4.69, 9.17) is 4.74 Å². The molecule has 1 aliphatic heterocycles. The maximum absolute atomic E-state index is 14.8. The summed E-state index contributed by atoms with van der Waals surface area (Å²) in [4.78, 5) is 23.0. The normalized spacial score (nSPS) is 14.2. The zero-order valence-electron chi connectivity index (χ0n) is 19.5. The van der Waals surface area contributed by atoms with E-state index in [9.17, 15) is 9.18 Å². The van der Waals surface area contributed by atoms with Crippen molar-refractivity contribution in [3.63, 3.8) is 0 Å². The van der Waals surface area contributed by atoms with Gasteiger partial charge in [-0.2, -0.15) is 0 Å². The number of amides is 1. The fourth-order valence-electron chi connectivity index (χ4n) is 3.78. The number of imidazole rings is 1. The van der Waals surface area contributed by atoms with Crippen molar-refractivity contribution >= 4 is 28.7 Å². The highest BCUT2D eigenvalue weighted by molar-refractivity contribution is 5.77. The van der Waals surface area contributed by atoms with Crippen molar-refractivity contribution in [1.29, 1.82) is 0 Å². The van der Waals surface area contributed by atoms with Crippen LogP contribution in [-0.2, 0) is 4.74 Å². The lowest BCUT2D eigenvalue weighted by atomic mass is 10.1. The smallest absolute Gasteiger partial charge is 0.410 e. The standard InChI is InChI=1S/C23H24FN9O2/c1-23(2,3)35-22(34)31-9-6-15(7-10-31)21-26-13-19-20(25-8-11-32(19)21)28-18-5-4-16(12-17(18)24)33-14-27-29-30-33/h4-6,8,11-14H,7,9-10H2,1-3H3,(H,25,28). The van der Waals surface area contributed by atoms with Crippen molar-refractivity contribution in [3.05, 3.63) is 60.8 Å². The van der Waals surface area contributed by atoms with Gasteiger partial charge in [0.1, 0.15) is 29.1 Å². The topological polar surface area (TPSA) is 115 Å². The molecular weight excluding hydrogens is 453 g/mol. The van der Waals surface area contributed by atoms with Gasteiger partial charge in [-0.15, -0.1) is 5.10 Å². The first kappa shape index (κ1) is 22.4. The fraction of sp³-hybridized carbons (Fsp3) is 0.304. The Hall–Kier alpha value is -4.35. The highest BCUT2D eigenvalue weighted by atomic mass is 19.1. The van der Waals surface area contributed by atoms with Gasteiger partial charge in [0.05, 0.1) is 17.6 Å². The Morgan fingerprint density at radius 3 is 2.77 bits per heavy atom. The maximum atomic E-state index is 14.8.